The van der Waals surface area contributed by atoms with Crippen LogP contribution < -0.4 is 5.73 Å². The summed E-state index contributed by atoms with van der Waals surface area (Å²) in [5, 5.41) is 0. The van der Waals surface area contributed by atoms with Gasteiger partial charge in [0.1, 0.15) is 5.82 Å². The largest absolute Gasteiger partial charge is 0.326 e. The first-order chi connectivity index (χ1) is 8.11. The van der Waals surface area contributed by atoms with Crippen molar-refractivity contribution < 1.29 is 4.39 Å². The van der Waals surface area contributed by atoms with Gasteiger partial charge in [0, 0.05) is 12.1 Å². The van der Waals surface area contributed by atoms with Gasteiger partial charge in [0.15, 0.2) is 0 Å². The first-order valence-corrected chi connectivity index (χ1v) is 5.68. The molecular weight excluding hydrogens is 213 g/mol. The number of hydrogen-bond acceptors (Lipinski definition) is 1. The molecule has 0 aliphatic rings. The second-order valence-electron chi connectivity index (χ2n) is 4.34. The SMILES string of the molecule is Cc1cc(C)c(-c2cccc(CN)c2)c(F)c1. The summed E-state index contributed by atoms with van der Waals surface area (Å²) in [5.41, 5.74) is 10.1. The predicted octanol–water partition coefficient (Wildman–Crippen LogP) is 3.57. The van der Waals surface area contributed by atoms with Crippen LogP contribution in [0, 0.1) is 19.7 Å². The van der Waals surface area contributed by atoms with Crippen LogP contribution in [-0.4, -0.2) is 0 Å². The average molecular weight is 229 g/mol. The van der Waals surface area contributed by atoms with Gasteiger partial charge in [0.25, 0.3) is 0 Å². The molecule has 0 aliphatic carbocycles. The van der Waals surface area contributed by atoms with Gasteiger partial charge >= 0.3 is 0 Å². The van der Waals surface area contributed by atoms with E-state index in [0.717, 1.165) is 22.3 Å². The van der Waals surface area contributed by atoms with Gasteiger partial charge in [-0.2, -0.15) is 0 Å². The van der Waals surface area contributed by atoms with Crippen LogP contribution in [-0.2, 0) is 6.54 Å². The summed E-state index contributed by atoms with van der Waals surface area (Å²) < 4.78 is 14.0. The van der Waals surface area contributed by atoms with Crippen LogP contribution in [0.5, 0.6) is 0 Å². The second-order valence-corrected chi connectivity index (χ2v) is 4.34. The summed E-state index contributed by atoms with van der Waals surface area (Å²) in [5.74, 6) is -0.170. The van der Waals surface area contributed by atoms with Crippen molar-refractivity contribution in [3.63, 3.8) is 0 Å². The third-order valence-corrected chi connectivity index (χ3v) is 2.88. The number of nitrogens with two attached hydrogens (primary N) is 1. The fourth-order valence-corrected chi connectivity index (χ4v) is 2.14. The minimum atomic E-state index is -0.170. The molecular formula is C15H16FN. The van der Waals surface area contributed by atoms with Crippen molar-refractivity contribution in [1.82, 2.24) is 0 Å². The zero-order chi connectivity index (χ0) is 12.4. The molecule has 2 heteroatoms. The lowest BCUT2D eigenvalue weighted by Gasteiger charge is -2.10. The monoisotopic (exact) mass is 229 g/mol. The molecule has 0 amide bonds. The minimum absolute atomic E-state index is 0.170. The molecule has 0 bridgehead atoms. The normalized spacial score (nSPS) is 10.6. The fraction of sp³-hybridized carbons (Fsp3) is 0.200. The lowest BCUT2D eigenvalue weighted by Crippen LogP contribution is -1.97. The van der Waals surface area contributed by atoms with Crippen molar-refractivity contribution in [1.29, 1.82) is 0 Å². The number of benzene rings is 2. The minimum Gasteiger partial charge on any atom is -0.326 e. The molecule has 0 unspecified atom stereocenters. The molecule has 0 atom stereocenters. The molecule has 0 fully saturated rings. The van der Waals surface area contributed by atoms with E-state index >= 15 is 0 Å². The zero-order valence-electron chi connectivity index (χ0n) is 10.1. The topological polar surface area (TPSA) is 26.0 Å². The second kappa shape index (κ2) is 4.68. The molecule has 0 aromatic heterocycles. The maximum atomic E-state index is 14.0. The van der Waals surface area contributed by atoms with Gasteiger partial charge < -0.3 is 5.73 Å². The van der Waals surface area contributed by atoms with Crippen molar-refractivity contribution in [2.45, 2.75) is 20.4 Å². The Labute approximate surface area is 101 Å². The zero-order valence-corrected chi connectivity index (χ0v) is 10.1. The molecule has 0 radical (unpaired) electrons. The molecule has 0 saturated carbocycles. The Kier molecular flexibility index (Phi) is 3.25. The quantitative estimate of drug-likeness (QED) is 0.837. The van der Waals surface area contributed by atoms with Gasteiger partial charge in [-0.05, 0) is 48.2 Å². The van der Waals surface area contributed by atoms with E-state index in [-0.39, 0.29) is 5.82 Å². The Morgan fingerprint density at radius 1 is 1.12 bits per heavy atom. The van der Waals surface area contributed by atoms with Crippen molar-refractivity contribution in [3.8, 4) is 11.1 Å². The summed E-state index contributed by atoms with van der Waals surface area (Å²) in [4.78, 5) is 0. The van der Waals surface area contributed by atoms with Crippen molar-refractivity contribution in [2.75, 3.05) is 0 Å². The molecule has 2 rings (SSSR count). The van der Waals surface area contributed by atoms with Gasteiger partial charge in [-0.25, -0.2) is 4.39 Å². The van der Waals surface area contributed by atoms with E-state index in [4.69, 9.17) is 5.73 Å². The first-order valence-electron chi connectivity index (χ1n) is 5.68. The van der Waals surface area contributed by atoms with E-state index in [1.807, 2.05) is 44.2 Å². The number of rotatable bonds is 2. The molecule has 0 saturated heterocycles. The molecule has 0 aliphatic heterocycles. The molecule has 0 spiro atoms. The lowest BCUT2D eigenvalue weighted by atomic mass is 9.97. The van der Waals surface area contributed by atoms with Crippen LogP contribution >= 0.6 is 0 Å². The highest BCUT2D eigenvalue weighted by Crippen LogP contribution is 2.28. The van der Waals surface area contributed by atoms with Crippen molar-refractivity contribution >= 4 is 0 Å². The fourth-order valence-electron chi connectivity index (χ4n) is 2.14. The summed E-state index contributed by atoms with van der Waals surface area (Å²) in [6.07, 6.45) is 0. The summed E-state index contributed by atoms with van der Waals surface area (Å²) in [7, 11) is 0. The highest BCUT2D eigenvalue weighted by Gasteiger charge is 2.09. The van der Waals surface area contributed by atoms with Crippen molar-refractivity contribution in [3.05, 3.63) is 58.9 Å². The van der Waals surface area contributed by atoms with Gasteiger partial charge in [0.2, 0.25) is 0 Å². The standard InChI is InChI=1S/C15H16FN/c1-10-6-11(2)15(14(16)7-10)13-5-3-4-12(8-13)9-17/h3-8H,9,17H2,1-2H3. The Bertz CT molecular complexity index is 523. The number of aryl methyl sites for hydroxylation is 2. The molecule has 2 N–H and O–H groups in total. The molecule has 88 valence electrons. The molecule has 2 aromatic carbocycles. The van der Waals surface area contributed by atoms with E-state index < -0.39 is 0 Å². The van der Waals surface area contributed by atoms with Crippen molar-refractivity contribution in [2.24, 2.45) is 5.73 Å². The maximum Gasteiger partial charge on any atom is 0.131 e. The van der Waals surface area contributed by atoms with E-state index in [1.165, 1.54) is 0 Å². The highest BCUT2D eigenvalue weighted by molar-refractivity contribution is 5.69. The third kappa shape index (κ3) is 2.37. The third-order valence-electron chi connectivity index (χ3n) is 2.88. The van der Waals surface area contributed by atoms with Gasteiger partial charge in [-0.15, -0.1) is 0 Å². The van der Waals surface area contributed by atoms with Crippen LogP contribution in [0.25, 0.3) is 11.1 Å². The van der Waals surface area contributed by atoms with Gasteiger partial charge in [0.05, 0.1) is 0 Å². The average Bonchev–Trinajstić information content (AvgIpc) is 2.28. The molecule has 1 nitrogen and oxygen atoms in total. The Morgan fingerprint density at radius 2 is 1.88 bits per heavy atom. The van der Waals surface area contributed by atoms with E-state index in [1.54, 1.807) is 6.07 Å². The molecule has 0 heterocycles. The lowest BCUT2D eigenvalue weighted by molar-refractivity contribution is 0.629. The molecule has 2 aromatic rings. The Hall–Kier alpha value is -1.67. The van der Waals surface area contributed by atoms with E-state index in [2.05, 4.69) is 0 Å². The number of hydrogen-bond donors (Lipinski definition) is 1. The van der Waals surface area contributed by atoms with Gasteiger partial charge in [-0.1, -0.05) is 24.3 Å². The summed E-state index contributed by atoms with van der Waals surface area (Å²) in [6.45, 7) is 4.30. The molecule has 17 heavy (non-hydrogen) atoms. The number of halogens is 1. The first kappa shape index (κ1) is 11.8. The van der Waals surface area contributed by atoms with Crippen LogP contribution in [0.15, 0.2) is 36.4 Å². The smallest absolute Gasteiger partial charge is 0.131 e. The maximum absolute atomic E-state index is 14.0. The van der Waals surface area contributed by atoms with Crippen LogP contribution in [0.4, 0.5) is 4.39 Å². The Morgan fingerprint density at radius 3 is 2.53 bits per heavy atom. The van der Waals surface area contributed by atoms with Crippen LogP contribution in [0.2, 0.25) is 0 Å². The Balaban J connectivity index is 2.60. The van der Waals surface area contributed by atoms with Gasteiger partial charge in [-0.3, -0.25) is 0 Å². The van der Waals surface area contributed by atoms with E-state index in [9.17, 15) is 4.39 Å². The van der Waals surface area contributed by atoms with Crippen LogP contribution in [0.1, 0.15) is 16.7 Å². The summed E-state index contributed by atoms with van der Waals surface area (Å²) in [6, 6.07) is 11.3. The van der Waals surface area contributed by atoms with Crippen LogP contribution in [0.3, 0.4) is 0 Å². The summed E-state index contributed by atoms with van der Waals surface area (Å²) >= 11 is 0. The van der Waals surface area contributed by atoms with E-state index in [0.29, 0.717) is 12.1 Å². The predicted molar refractivity (Wildman–Crippen MR) is 69.2 cm³/mol. The highest BCUT2D eigenvalue weighted by atomic mass is 19.1.